The van der Waals surface area contributed by atoms with E-state index in [0.29, 0.717) is 17.7 Å². The highest BCUT2D eigenvalue weighted by molar-refractivity contribution is 6.31. The van der Waals surface area contributed by atoms with E-state index in [9.17, 15) is 18.3 Å². The molecule has 6 heteroatoms. The number of halogens is 4. The number of hydrogen-bond acceptors (Lipinski definition) is 2. The fraction of sp³-hybridized carbons (Fsp3) is 0.500. The van der Waals surface area contributed by atoms with Crippen molar-refractivity contribution in [3.8, 4) is 0 Å². The number of aliphatic hydroxyl groups excluding tert-OH is 1. The molecule has 2 nitrogen and oxygen atoms in total. The zero-order chi connectivity index (χ0) is 13.8. The van der Waals surface area contributed by atoms with Crippen LogP contribution in [0.5, 0.6) is 0 Å². The van der Waals surface area contributed by atoms with E-state index in [-0.39, 0.29) is 18.2 Å². The Balaban J connectivity index is 3.09. The summed E-state index contributed by atoms with van der Waals surface area (Å²) in [6, 6.07) is 4.67. The quantitative estimate of drug-likeness (QED) is 0.891. The summed E-state index contributed by atoms with van der Waals surface area (Å²) in [6.45, 7) is 0.626. The molecule has 0 heterocycles. The maximum absolute atomic E-state index is 12.5. The van der Waals surface area contributed by atoms with Gasteiger partial charge >= 0.3 is 6.18 Å². The van der Waals surface area contributed by atoms with E-state index in [1.165, 1.54) is 4.90 Å². The molecule has 0 atom stereocenters. The molecule has 0 fully saturated rings. The second-order valence-electron chi connectivity index (χ2n) is 3.93. The lowest BCUT2D eigenvalue weighted by Gasteiger charge is -2.27. The molecule has 0 unspecified atom stereocenters. The van der Waals surface area contributed by atoms with Gasteiger partial charge in [-0.2, -0.15) is 13.2 Å². The van der Waals surface area contributed by atoms with E-state index in [1.807, 2.05) is 0 Å². The summed E-state index contributed by atoms with van der Waals surface area (Å²) in [6.07, 6.45) is -3.71. The molecule has 0 aliphatic rings. The average molecular weight is 282 g/mol. The van der Waals surface area contributed by atoms with Gasteiger partial charge in [-0.05, 0) is 18.6 Å². The van der Waals surface area contributed by atoms with Crippen molar-refractivity contribution in [2.75, 3.05) is 18.0 Å². The maximum Gasteiger partial charge on any atom is 0.405 e. The first-order valence-corrected chi connectivity index (χ1v) is 5.96. The zero-order valence-corrected chi connectivity index (χ0v) is 10.7. The van der Waals surface area contributed by atoms with Crippen LogP contribution in [0.1, 0.15) is 18.9 Å². The molecule has 1 rings (SSSR count). The van der Waals surface area contributed by atoms with Crippen molar-refractivity contribution in [1.82, 2.24) is 0 Å². The molecule has 0 spiro atoms. The Labute approximate surface area is 109 Å². The highest BCUT2D eigenvalue weighted by Crippen LogP contribution is 2.30. The van der Waals surface area contributed by atoms with Gasteiger partial charge in [-0.15, -0.1) is 0 Å². The third-order valence-electron chi connectivity index (χ3n) is 2.46. The zero-order valence-electron chi connectivity index (χ0n) is 9.97. The van der Waals surface area contributed by atoms with Crippen LogP contribution in [-0.2, 0) is 6.61 Å². The van der Waals surface area contributed by atoms with Gasteiger partial charge in [0.15, 0.2) is 0 Å². The molecule has 102 valence electrons. The van der Waals surface area contributed by atoms with Crippen molar-refractivity contribution in [3.05, 3.63) is 28.8 Å². The Morgan fingerprint density at radius 3 is 2.50 bits per heavy atom. The first-order chi connectivity index (χ1) is 8.39. The Morgan fingerprint density at radius 2 is 2.00 bits per heavy atom. The van der Waals surface area contributed by atoms with Crippen molar-refractivity contribution >= 4 is 17.3 Å². The van der Waals surface area contributed by atoms with Crippen molar-refractivity contribution in [3.63, 3.8) is 0 Å². The Kier molecular flexibility index (Phi) is 5.28. The SMILES string of the molecule is CCCN(CC(F)(F)F)c1cccc(Cl)c1CO. The van der Waals surface area contributed by atoms with Gasteiger partial charge in [0.25, 0.3) is 0 Å². The molecule has 18 heavy (non-hydrogen) atoms. The number of nitrogens with zero attached hydrogens (tertiary/aromatic N) is 1. The smallest absolute Gasteiger partial charge is 0.392 e. The van der Waals surface area contributed by atoms with E-state index in [2.05, 4.69) is 0 Å². The van der Waals surface area contributed by atoms with Crippen molar-refractivity contribution in [1.29, 1.82) is 0 Å². The minimum Gasteiger partial charge on any atom is -0.392 e. The summed E-state index contributed by atoms with van der Waals surface area (Å²) in [5.41, 5.74) is 0.668. The van der Waals surface area contributed by atoms with Crippen LogP contribution in [0.15, 0.2) is 18.2 Å². The van der Waals surface area contributed by atoms with Gasteiger partial charge in [-0.3, -0.25) is 0 Å². The lowest BCUT2D eigenvalue weighted by atomic mass is 10.1. The summed E-state index contributed by atoms with van der Waals surface area (Å²) in [4.78, 5) is 1.19. The molecular weight excluding hydrogens is 267 g/mol. The molecule has 0 amide bonds. The van der Waals surface area contributed by atoms with Crippen molar-refractivity contribution in [2.24, 2.45) is 0 Å². The summed E-state index contributed by atoms with van der Waals surface area (Å²) < 4.78 is 37.5. The fourth-order valence-corrected chi connectivity index (χ4v) is 2.00. The monoisotopic (exact) mass is 281 g/mol. The van der Waals surface area contributed by atoms with Gasteiger partial charge in [0.1, 0.15) is 6.54 Å². The number of aliphatic hydroxyl groups is 1. The standard InChI is InChI=1S/C12H15ClF3NO/c1-2-6-17(8-12(14,15)16)11-5-3-4-10(13)9(11)7-18/h3-5,18H,2,6-8H2,1H3. The average Bonchev–Trinajstić information content (AvgIpc) is 2.26. The first kappa shape index (κ1) is 15.1. The number of alkyl halides is 3. The molecule has 1 N–H and O–H groups in total. The molecule has 0 saturated carbocycles. The van der Waals surface area contributed by atoms with Gasteiger partial charge in [0, 0.05) is 22.8 Å². The minimum absolute atomic E-state index is 0.257. The van der Waals surface area contributed by atoms with Gasteiger partial charge < -0.3 is 10.0 Å². The second kappa shape index (κ2) is 6.29. The van der Waals surface area contributed by atoms with Crippen LogP contribution in [0.25, 0.3) is 0 Å². The molecule has 0 aliphatic heterocycles. The van der Waals surface area contributed by atoms with E-state index >= 15 is 0 Å². The molecule has 0 aliphatic carbocycles. The number of anilines is 1. The van der Waals surface area contributed by atoms with Crippen LogP contribution in [0.2, 0.25) is 5.02 Å². The molecule has 0 bridgehead atoms. The molecule has 1 aromatic rings. The van der Waals surface area contributed by atoms with Crippen LogP contribution in [-0.4, -0.2) is 24.4 Å². The Bertz CT molecular complexity index is 395. The normalized spacial score (nSPS) is 11.7. The third-order valence-corrected chi connectivity index (χ3v) is 2.81. The molecule has 0 aromatic heterocycles. The van der Waals surface area contributed by atoms with E-state index in [4.69, 9.17) is 11.6 Å². The molecule has 0 saturated heterocycles. The second-order valence-corrected chi connectivity index (χ2v) is 4.34. The van der Waals surface area contributed by atoms with Crippen molar-refractivity contribution < 1.29 is 18.3 Å². The largest absolute Gasteiger partial charge is 0.405 e. The van der Waals surface area contributed by atoms with Gasteiger partial charge in [-0.1, -0.05) is 24.6 Å². The lowest BCUT2D eigenvalue weighted by Crippen LogP contribution is -2.35. The number of benzene rings is 1. The Hall–Kier alpha value is -0.940. The number of hydrogen-bond donors (Lipinski definition) is 1. The highest BCUT2D eigenvalue weighted by Gasteiger charge is 2.31. The molecular formula is C12H15ClF3NO. The van der Waals surface area contributed by atoms with Crippen LogP contribution < -0.4 is 4.90 Å². The van der Waals surface area contributed by atoms with Gasteiger partial charge in [0.05, 0.1) is 6.61 Å². The summed E-state index contributed by atoms with van der Waals surface area (Å²) in [5, 5.41) is 9.50. The highest BCUT2D eigenvalue weighted by atomic mass is 35.5. The van der Waals surface area contributed by atoms with Crippen LogP contribution in [0.3, 0.4) is 0 Å². The van der Waals surface area contributed by atoms with Gasteiger partial charge in [0.2, 0.25) is 0 Å². The van der Waals surface area contributed by atoms with E-state index in [1.54, 1.807) is 25.1 Å². The summed E-state index contributed by atoms with van der Waals surface area (Å²) >= 11 is 5.88. The summed E-state index contributed by atoms with van der Waals surface area (Å²) in [5.74, 6) is 0. The topological polar surface area (TPSA) is 23.5 Å². The minimum atomic E-state index is -4.29. The fourth-order valence-electron chi connectivity index (χ4n) is 1.77. The predicted molar refractivity (Wildman–Crippen MR) is 65.9 cm³/mol. The molecule has 1 aromatic carbocycles. The van der Waals surface area contributed by atoms with Crippen LogP contribution in [0.4, 0.5) is 18.9 Å². The van der Waals surface area contributed by atoms with Crippen LogP contribution >= 0.6 is 11.6 Å². The first-order valence-electron chi connectivity index (χ1n) is 5.59. The number of rotatable bonds is 5. The van der Waals surface area contributed by atoms with E-state index in [0.717, 1.165) is 0 Å². The van der Waals surface area contributed by atoms with Crippen molar-refractivity contribution in [2.45, 2.75) is 26.1 Å². The Morgan fingerprint density at radius 1 is 1.33 bits per heavy atom. The van der Waals surface area contributed by atoms with Crippen LogP contribution in [0, 0.1) is 0 Å². The predicted octanol–water partition coefficient (Wildman–Crippen LogP) is 3.61. The lowest BCUT2D eigenvalue weighted by molar-refractivity contribution is -0.119. The summed E-state index contributed by atoms with van der Waals surface area (Å²) in [7, 11) is 0. The van der Waals surface area contributed by atoms with E-state index < -0.39 is 12.7 Å². The maximum atomic E-state index is 12.5. The third kappa shape index (κ3) is 4.07. The molecule has 0 radical (unpaired) electrons. The van der Waals surface area contributed by atoms with Gasteiger partial charge in [-0.25, -0.2) is 0 Å².